The lowest BCUT2D eigenvalue weighted by atomic mass is 9.95. The Balaban J connectivity index is 3.28. The van der Waals surface area contributed by atoms with Gasteiger partial charge in [-0.2, -0.15) is 0 Å². The van der Waals surface area contributed by atoms with Crippen LogP contribution in [0, 0.1) is 13.8 Å². The highest BCUT2D eigenvalue weighted by Gasteiger charge is 2.34. The van der Waals surface area contributed by atoms with Crippen molar-refractivity contribution in [3.05, 3.63) is 34.9 Å². The van der Waals surface area contributed by atoms with E-state index in [0.29, 0.717) is 12.1 Å². The molecule has 0 heterocycles. The number of primary amides is 1. The summed E-state index contributed by atoms with van der Waals surface area (Å²) in [7, 11) is 1.52. The smallest absolute Gasteiger partial charge is 0.408 e. The van der Waals surface area contributed by atoms with Crippen LogP contribution in [-0.2, 0) is 19.1 Å². The number of unbranched alkanes of at least 4 members (excludes halogenated alkanes) is 2. The quantitative estimate of drug-likeness (QED) is 0.387. The van der Waals surface area contributed by atoms with Gasteiger partial charge in [-0.05, 0) is 64.2 Å². The first kappa shape index (κ1) is 29.9. The zero-order valence-electron chi connectivity index (χ0n) is 22.2. The molecule has 1 aromatic carbocycles. The standard InChI is InChI=1S/C26H42N4O5/c1-8-9-10-16-28-23(32)22(19-13-11-12-17(2)18(19)3)30(7)24(33)20(14-15-21(27)31)29-25(34)35-26(4,5)6/h11-13,20,22H,8-10,14-16H2,1-7H3,(H2,27,31)(H,28,32)(H,29,34). The molecule has 0 saturated heterocycles. The van der Waals surface area contributed by atoms with Crippen LogP contribution in [0.1, 0.15) is 82.5 Å². The highest BCUT2D eigenvalue weighted by molar-refractivity contribution is 5.92. The maximum absolute atomic E-state index is 13.6. The molecule has 0 fully saturated rings. The summed E-state index contributed by atoms with van der Waals surface area (Å²) < 4.78 is 5.29. The molecule has 4 amide bonds. The summed E-state index contributed by atoms with van der Waals surface area (Å²) in [6, 6.07) is 3.60. The van der Waals surface area contributed by atoms with Crippen LogP contribution in [0.15, 0.2) is 18.2 Å². The molecular weight excluding hydrogens is 448 g/mol. The van der Waals surface area contributed by atoms with E-state index in [9.17, 15) is 19.2 Å². The van der Waals surface area contributed by atoms with E-state index in [4.69, 9.17) is 10.5 Å². The van der Waals surface area contributed by atoms with Crippen molar-refractivity contribution in [2.75, 3.05) is 13.6 Å². The van der Waals surface area contributed by atoms with Crippen molar-refractivity contribution >= 4 is 23.8 Å². The minimum Gasteiger partial charge on any atom is -0.444 e. The molecule has 4 N–H and O–H groups in total. The van der Waals surface area contributed by atoms with Crippen molar-refractivity contribution in [2.24, 2.45) is 5.73 Å². The van der Waals surface area contributed by atoms with E-state index in [1.807, 2.05) is 32.0 Å². The van der Waals surface area contributed by atoms with E-state index in [-0.39, 0.29) is 18.7 Å². The molecule has 9 heteroatoms. The van der Waals surface area contributed by atoms with Gasteiger partial charge in [-0.3, -0.25) is 14.4 Å². The Morgan fingerprint density at radius 1 is 1.11 bits per heavy atom. The summed E-state index contributed by atoms with van der Waals surface area (Å²) in [4.78, 5) is 52.0. The number of likely N-dealkylation sites (N-methyl/N-ethyl adjacent to an activating group) is 1. The number of amides is 4. The Hall–Kier alpha value is -3.10. The minimum absolute atomic E-state index is 0.0185. The van der Waals surface area contributed by atoms with Crippen LogP contribution in [0.4, 0.5) is 4.79 Å². The van der Waals surface area contributed by atoms with Gasteiger partial charge in [0, 0.05) is 20.0 Å². The molecule has 2 unspecified atom stereocenters. The lowest BCUT2D eigenvalue weighted by molar-refractivity contribution is -0.141. The number of hydrogen-bond donors (Lipinski definition) is 3. The maximum atomic E-state index is 13.6. The second-order valence-electron chi connectivity index (χ2n) is 9.84. The Morgan fingerprint density at radius 3 is 2.34 bits per heavy atom. The number of alkyl carbamates (subject to hydrolysis) is 1. The van der Waals surface area contributed by atoms with Crippen LogP contribution in [0.2, 0.25) is 0 Å². The summed E-state index contributed by atoms with van der Waals surface area (Å²) in [5.41, 5.74) is 7.10. The monoisotopic (exact) mass is 490 g/mol. The van der Waals surface area contributed by atoms with Crippen LogP contribution < -0.4 is 16.4 Å². The number of nitrogens with one attached hydrogen (secondary N) is 2. The van der Waals surface area contributed by atoms with Gasteiger partial charge in [0.1, 0.15) is 17.7 Å². The second-order valence-corrected chi connectivity index (χ2v) is 9.84. The summed E-state index contributed by atoms with van der Waals surface area (Å²) in [6.07, 6.45) is 1.92. The third-order valence-electron chi connectivity index (χ3n) is 5.67. The Bertz CT molecular complexity index is 894. The van der Waals surface area contributed by atoms with Crippen molar-refractivity contribution in [2.45, 2.75) is 91.3 Å². The van der Waals surface area contributed by atoms with Crippen molar-refractivity contribution in [1.82, 2.24) is 15.5 Å². The number of benzene rings is 1. The normalized spacial score (nSPS) is 12.9. The van der Waals surface area contributed by atoms with Gasteiger partial charge < -0.3 is 26.0 Å². The van der Waals surface area contributed by atoms with Gasteiger partial charge >= 0.3 is 6.09 Å². The molecule has 0 bridgehead atoms. The number of carbonyl (C=O) groups excluding carboxylic acids is 4. The van der Waals surface area contributed by atoms with E-state index in [1.165, 1.54) is 11.9 Å². The van der Waals surface area contributed by atoms with Crippen LogP contribution >= 0.6 is 0 Å². The SMILES string of the molecule is CCCCCNC(=O)C(c1cccc(C)c1C)N(C)C(=O)C(CCC(N)=O)NC(=O)OC(C)(C)C. The first-order valence-corrected chi connectivity index (χ1v) is 12.2. The molecule has 0 aromatic heterocycles. The molecule has 0 saturated carbocycles. The predicted molar refractivity (Wildman–Crippen MR) is 136 cm³/mol. The molecule has 1 rings (SSSR count). The fraction of sp³-hybridized carbons (Fsp3) is 0.615. The number of nitrogens with two attached hydrogens (primary N) is 1. The zero-order valence-corrected chi connectivity index (χ0v) is 22.2. The van der Waals surface area contributed by atoms with Gasteiger partial charge in [-0.1, -0.05) is 38.0 Å². The van der Waals surface area contributed by atoms with E-state index < -0.39 is 35.6 Å². The zero-order chi connectivity index (χ0) is 26.8. The van der Waals surface area contributed by atoms with E-state index in [0.717, 1.165) is 30.4 Å². The number of nitrogens with zero attached hydrogens (tertiary/aromatic N) is 1. The van der Waals surface area contributed by atoms with Crippen LogP contribution in [0.25, 0.3) is 0 Å². The summed E-state index contributed by atoms with van der Waals surface area (Å²) in [5.74, 6) is -1.43. The number of carbonyl (C=O) groups is 4. The van der Waals surface area contributed by atoms with E-state index in [1.54, 1.807) is 20.8 Å². The van der Waals surface area contributed by atoms with Crippen LogP contribution in [-0.4, -0.2) is 54.0 Å². The summed E-state index contributed by atoms with van der Waals surface area (Å²) >= 11 is 0. The molecule has 0 aliphatic heterocycles. The molecule has 0 aliphatic carbocycles. The van der Waals surface area contributed by atoms with Crippen molar-refractivity contribution < 1.29 is 23.9 Å². The molecule has 1 aromatic rings. The highest BCUT2D eigenvalue weighted by atomic mass is 16.6. The fourth-order valence-corrected chi connectivity index (χ4v) is 3.65. The van der Waals surface area contributed by atoms with Gasteiger partial charge in [0.25, 0.3) is 0 Å². The van der Waals surface area contributed by atoms with E-state index >= 15 is 0 Å². The average molecular weight is 491 g/mol. The molecular formula is C26H42N4O5. The molecule has 196 valence electrons. The summed E-state index contributed by atoms with van der Waals surface area (Å²) in [5, 5.41) is 5.49. The van der Waals surface area contributed by atoms with Crippen molar-refractivity contribution in [3.63, 3.8) is 0 Å². The largest absolute Gasteiger partial charge is 0.444 e. The summed E-state index contributed by atoms with van der Waals surface area (Å²) in [6.45, 7) is 11.5. The first-order chi connectivity index (χ1) is 16.3. The Labute approximate surface area is 209 Å². The third-order valence-corrected chi connectivity index (χ3v) is 5.67. The average Bonchev–Trinajstić information content (AvgIpc) is 2.75. The van der Waals surface area contributed by atoms with Crippen LogP contribution in [0.5, 0.6) is 0 Å². The molecule has 9 nitrogen and oxygen atoms in total. The predicted octanol–water partition coefficient (Wildman–Crippen LogP) is 3.27. The first-order valence-electron chi connectivity index (χ1n) is 12.2. The van der Waals surface area contributed by atoms with Gasteiger partial charge in [0.15, 0.2) is 0 Å². The molecule has 2 atom stereocenters. The molecule has 0 aliphatic rings. The van der Waals surface area contributed by atoms with Crippen molar-refractivity contribution in [3.8, 4) is 0 Å². The topological polar surface area (TPSA) is 131 Å². The maximum Gasteiger partial charge on any atom is 0.408 e. The number of rotatable bonds is 12. The number of ether oxygens (including phenoxy) is 1. The Kier molecular flexibility index (Phi) is 11.7. The highest BCUT2D eigenvalue weighted by Crippen LogP contribution is 2.26. The van der Waals surface area contributed by atoms with Crippen molar-refractivity contribution in [1.29, 1.82) is 0 Å². The fourth-order valence-electron chi connectivity index (χ4n) is 3.65. The van der Waals surface area contributed by atoms with Gasteiger partial charge in [-0.15, -0.1) is 0 Å². The van der Waals surface area contributed by atoms with Gasteiger partial charge in [0.2, 0.25) is 17.7 Å². The lowest BCUT2D eigenvalue weighted by Crippen LogP contribution is -2.52. The Morgan fingerprint density at radius 2 is 1.77 bits per heavy atom. The molecule has 35 heavy (non-hydrogen) atoms. The van der Waals surface area contributed by atoms with Gasteiger partial charge in [0.05, 0.1) is 0 Å². The van der Waals surface area contributed by atoms with Gasteiger partial charge in [-0.25, -0.2) is 4.79 Å². The molecule has 0 radical (unpaired) electrons. The number of aryl methyl sites for hydroxylation is 1. The molecule has 0 spiro atoms. The number of hydrogen-bond acceptors (Lipinski definition) is 5. The third kappa shape index (κ3) is 9.96. The minimum atomic E-state index is -1.09. The lowest BCUT2D eigenvalue weighted by Gasteiger charge is -2.32. The van der Waals surface area contributed by atoms with E-state index in [2.05, 4.69) is 17.6 Å². The second kappa shape index (κ2) is 13.7. The van der Waals surface area contributed by atoms with Crippen LogP contribution in [0.3, 0.4) is 0 Å².